The van der Waals surface area contributed by atoms with Crippen molar-refractivity contribution in [3.63, 3.8) is 0 Å². The van der Waals surface area contributed by atoms with Crippen LogP contribution in [0.5, 0.6) is 0 Å². The van der Waals surface area contributed by atoms with E-state index in [0.717, 1.165) is 16.7 Å². The van der Waals surface area contributed by atoms with E-state index in [9.17, 15) is 14.4 Å². The summed E-state index contributed by atoms with van der Waals surface area (Å²) in [5, 5.41) is 3.98. The Morgan fingerprint density at radius 3 is 2.12 bits per heavy atom. The Morgan fingerprint density at radius 1 is 0.939 bits per heavy atom. The number of amides is 3. The highest BCUT2D eigenvalue weighted by molar-refractivity contribution is 6.06. The van der Waals surface area contributed by atoms with Gasteiger partial charge in [0.15, 0.2) is 0 Å². The summed E-state index contributed by atoms with van der Waals surface area (Å²) in [6.07, 6.45) is -0.694. The zero-order valence-electron chi connectivity index (χ0n) is 20.4. The summed E-state index contributed by atoms with van der Waals surface area (Å²) in [4.78, 5) is 39.4. The van der Waals surface area contributed by atoms with Crippen molar-refractivity contribution in [2.75, 3.05) is 5.01 Å². The molecule has 7 nitrogen and oxygen atoms in total. The van der Waals surface area contributed by atoms with Gasteiger partial charge in [-0.2, -0.15) is 0 Å². The number of hydrogen-bond acceptors (Lipinski definition) is 4. The van der Waals surface area contributed by atoms with Crippen molar-refractivity contribution in [3.8, 4) is 11.1 Å². The van der Waals surface area contributed by atoms with E-state index in [1.807, 2.05) is 70.2 Å². The Balaban J connectivity index is 1.96. The van der Waals surface area contributed by atoms with E-state index in [2.05, 4.69) is 10.7 Å². The second-order valence-corrected chi connectivity index (χ2v) is 10.4. The minimum absolute atomic E-state index is 0.259. The van der Waals surface area contributed by atoms with Crippen molar-refractivity contribution in [1.29, 1.82) is 0 Å². The Bertz CT molecular complexity index is 1070. The van der Waals surface area contributed by atoms with Crippen LogP contribution >= 0.6 is 0 Å². The van der Waals surface area contributed by atoms with Gasteiger partial charge < -0.3 is 10.1 Å². The van der Waals surface area contributed by atoms with E-state index in [0.29, 0.717) is 5.69 Å². The number of carbonyl (C=O) groups excluding carboxylic acids is 3. The molecule has 0 saturated heterocycles. The van der Waals surface area contributed by atoms with Gasteiger partial charge in [0.25, 0.3) is 11.8 Å². The monoisotopic (exact) mass is 451 g/mol. The van der Waals surface area contributed by atoms with Crippen molar-refractivity contribution >= 4 is 23.6 Å². The normalized spacial score (nSPS) is 16.8. The van der Waals surface area contributed by atoms with Crippen LogP contribution in [0.3, 0.4) is 0 Å². The van der Waals surface area contributed by atoms with Gasteiger partial charge in [0.1, 0.15) is 11.6 Å². The number of fused-ring (bicyclic) bond motifs is 3. The van der Waals surface area contributed by atoms with Gasteiger partial charge in [-0.05, 0) is 50.3 Å². The zero-order chi connectivity index (χ0) is 24.6. The van der Waals surface area contributed by atoms with Crippen LogP contribution in [0.4, 0.5) is 10.5 Å². The first-order valence-electron chi connectivity index (χ1n) is 11.1. The summed E-state index contributed by atoms with van der Waals surface area (Å²) in [6.45, 7) is 12.6. The molecular formula is C26H33N3O4. The van der Waals surface area contributed by atoms with Gasteiger partial charge in [0.05, 0.1) is 11.6 Å². The lowest BCUT2D eigenvalue weighted by molar-refractivity contribution is -0.129. The van der Waals surface area contributed by atoms with Crippen molar-refractivity contribution in [3.05, 3.63) is 54.1 Å². The maximum absolute atomic E-state index is 13.5. The van der Waals surface area contributed by atoms with Crippen LogP contribution in [0.1, 0.15) is 59.9 Å². The van der Waals surface area contributed by atoms with Crippen molar-refractivity contribution < 1.29 is 19.1 Å². The molecule has 0 saturated carbocycles. The quantitative estimate of drug-likeness (QED) is 0.703. The topological polar surface area (TPSA) is 87.7 Å². The number of benzene rings is 2. The predicted octanol–water partition coefficient (Wildman–Crippen LogP) is 4.77. The van der Waals surface area contributed by atoms with E-state index < -0.39 is 35.0 Å². The average Bonchev–Trinajstić information content (AvgIpc) is 2.80. The smallest absolute Gasteiger partial charge is 0.408 e. The number of para-hydroxylation sites is 1. The van der Waals surface area contributed by atoms with E-state index in [1.54, 1.807) is 26.8 Å². The summed E-state index contributed by atoms with van der Waals surface area (Å²) in [5.41, 5.74) is 4.71. The van der Waals surface area contributed by atoms with Crippen LogP contribution in [-0.2, 0) is 14.3 Å². The maximum atomic E-state index is 13.5. The first kappa shape index (κ1) is 24.3. The minimum Gasteiger partial charge on any atom is -0.444 e. The maximum Gasteiger partial charge on any atom is 0.408 e. The fraction of sp³-hybridized carbons (Fsp3) is 0.423. The summed E-state index contributed by atoms with van der Waals surface area (Å²) < 4.78 is 5.35. The Kier molecular flexibility index (Phi) is 6.54. The number of rotatable bonds is 3. The third-order valence-corrected chi connectivity index (χ3v) is 5.46. The number of nitrogens with one attached hydrogen (secondary N) is 2. The Labute approximate surface area is 195 Å². The van der Waals surface area contributed by atoms with Crippen LogP contribution in [0.25, 0.3) is 11.1 Å². The first-order chi connectivity index (χ1) is 15.3. The number of alkyl carbamates (subject to hydrolysis) is 1. The molecule has 1 aliphatic heterocycles. The van der Waals surface area contributed by atoms with E-state index in [-0.39, 0.29) is 5.91 Å². The molecule has 0 fully saturated rings. The molecule has 0 spiro atoms. The summed E-state index contributed by atoms with van der Waals surface area (Å²) in [5.74, 6) is -1.24. The fourth-order valence-corrected chi connectivity index (χ4v) is 3.85. The Hall–Kier alpha value is -3.35. The second-order valence-electron chi connectivity index (χ2n) is 10.4. The van der Waals surface area contributed by atoms with E-state index in [1.165, 1.54) is 5.01 Å². The van der Waals surface area contributed by atoms with E-state index >= 15 is 0 Å². The summed E-state index contributed by atoms with van der Waals surface area (Å²) in [7, 11) is 0. The first-order valence-corrected chi connectivity index (χ1v) is 11.1. The van der Waals surface area contributed by atoms with Crippen LogP contribution in [-0.4, -0.2) is 29.6 Å². The molecule has 0 aliphatic carbocycles. The molecule has 2 aromatic rings. The summed E-state index contributed by atoms with van der Waals surface area (Å²) >= 11 is 0. The molecule has 7 heteroatoms. The number of ether oxygens (including phenoxy) is 1. The largest absolute Gasteiger partial charge is 0.444 e. The number of nitrogens with zero attached hydrogens (tertiary/aromatic N) is 1. The third-order valence-electron chi connectivity index (χ3n) is 5.46. The van der Waals surface area contributed by atoms with Gasteiger partial charge in [-0.1, -0.05) is 63.2 Å². The molecule has 2 atom stereocenters. The molecular weight excluding hydrogens is 418 g/mol. The molecule has 1 heterocycles. The van der Waals surface area contributed by atoms with Crippen LogP contribution in [0, 0.1) is 5.41 Å². The molecule has 1 aliphatic rings. The van der Waals surface area contributed by atoms with Gasteiger partial charge >= 0.3 is 6.09 Å². The highest BCUT2D eigenvalue weighted by Gasteiger charge is 2.38. The predicted molar refractivity (Wildman–Crippen MR) is 129 cm³/mol. The number of hydrogen-bond donors (Lipinski definition) is 2. The lowest BCUT2D eigenvalue weighted by atomic mass is 9.86. The van der Waals surface area contributed by atoms with Crippen molar-refractivity contribution in [1.82, 2.24) is 10.7 Å². The zero-order valence-corrected chi connectivity index (χ0v) is 20.4. The highest BCUT2D eigenvalue weighted by atomic mass is 16.6. The fourth-order valence-electron chi connectivity index (χ4n) is 3.85. The summed E-state index contributed by atoms with van der Waals surface area (Å²) in [6, 6.07) is 14.3. The number of hydrazine groups is 1. The minimum atomic E-state index is -0.937. The molecule has 1 unspecified atom stereocenters. The molecule has 3 amide bonds. The van der Waals surface area contributed by atoms with Gasteiger partial charge in [-0.3, -0.25) is 15.0 Å². The van der Waals surface area contributed by atoms with E-state index in [4.69, 9.17) is 4.74 Å². The lowest BCUT2D eigenvalue weighted by Crippen LogP contribution is -2.59. The van der Waals surface area contributed by atoms with Gasteiger partial charge in [0, 0.05) is 5.56 Å². The van der Waals surface area contributed by atoms with Crippen LogP contribution in [0.15, 0.2) is 48.5 Å². The molecule has 3 rings (SSSR count). The SMILES string of the molecule is CC1C(=O)N(NC(=O)[C@@H](NC(=O)OC(C)(C)C)C(C)(C)C)c2ccccc2-c2ccccc21. The second kappa shape index (κ2) is 8.89. The molecule has 0 radical (unpaired) electrons. The van der Waals surface area contributed by atoms with Gasteiger partial charge in [0.2, 0.25) is 0 Å². The molecule has 2 aromatic carbocycles. The van der Waals surface area contributed by atoms with Gasteiger partial charge in [-0.15, -0.1) is 0 Å². The molecule has 0 aromatic heterocycles. The molecule has 176 valence electrons. The van der Waals surface area contributed by atoms with Crippen molar-refractivity contribution in [2.45, 2.75) is 66.0 Å². The van der Waals surface area contributed by atoms with Crippen LogP contribution in [0.2, 0.25) is 0 Å². The van der Waals surface area contributed by atoms with Crippen LogP contribution < -0.4 is 15.8 Å². The third kappa shape index (κ3) is 5.35. The van der Waals surface area contributed by atoms with Crippen molar-refractivity contribution in [2.24, 2.45) is 5.41 Å². The standard InChI is InChI=1S/C26H33N3O4/c1-16-17-12-8-9-13-18(17)19-14-10-11-15-20(19)29(23(16)31)28-22(30)21(25(2,3)4)27-24(32)33-26(5,6)7/h8-16,21H,1-7H3,(H,27,32)(H,28,30)/t16?,21-/m1/s1. The molecule has 0 bridgehead atoms. The number of carbonyl (C=O) groups is 3. The molecule has 2 N–H and O–H groups in total. The lowest BCUT2D eigenvalue weighted by Gasteiger charge is -2.34. The average molecular weight is 452 g/mol. The highest BCUT2D eigenvalue weighted by Crippen LogP contribution is 2.40. The molecule has 33 heavy (non-hydrogen) atoms. The Morgan fingerprint density at radius 2 is 1.52 bits per heavy atom. The van der Waals surface area contributed by atoms with Gasteiger partial charge in [-0.25, -0.2) is 9.80 Å². The number of anilines is 1.